The minimum atomic E-state index is -3.30. The van der Waals surface area contributed by atoms with Crippen LogP contribution in [0.5, 0.6) is 0 Å². The molecule has 1 N–H and O–H groups in total. The molecule has 7 heteroatoms. The van der Waals surface area contributed by atoms with E-state index in [9.17, 15) is 13.2 Å². The summed E-state index contributed by atoms with van der Waals surface area (Å²) in [6, 6.07) is 0. The Morgan fingerprint density at radius 3 is 2.89 bits per heavy atom. The van der Waals surface area contributed by atoms with Crippen LogP contribution >= 0.6 is 0 Å². The zero-order valence-electron chi connectivity index (χ0n) is 10.7. The molecule has 6 nitrogen and oxygen atoms in total. The Morgan fingerprint density at radius 2 is 2.28 bits per heavy atom. The van der Waals surface area contributed by atoms with Crippen molar-refractivity contribution >= 4 is 16.0 Å². The maximum absolute atomic E-state index is 11.6. The maximum atomic E-state index is 11.6. The fourth-order valence-electron chi connectivity index (χ4n) is 1.77. The van der Waals surface area contributed by atoms with Crippen molar-refractivity contribution in [3.63, 3.8) is 0 Å². The van der Waals surface area contributed by atoms with Crippen LogP contribution in [0.4, 0.5) is 0 Å². The lowest BCUT2D eigenvalue weighted by Crippen LogP contribution is -2.32. The van der Waals surface area contributed by atoms with E-state index in [1.54, 1.807) is 6.92 Å². The lowest BCUT2D eigenvalue weighted by atomic mass is 10.3. The van der Waals surface area contributed by atoms with E-state index in [0.29, 0.717) is 19.6 Å². The van der Waals surface area contributed by atoms with Gasteiger partial charge in [-0.2, -0.15) is 0 Å². The summed E-state index contributed by atoms with van der Waals surface area (Å²) in [7, 11) is -3.30. The summed E-state index contributed by atoms with van der Waals surface area (Å²) in [6.45, 7) is 2.99. The summed E-state index contributed by atoms with van der Waals surface area (Å²) in [5.74, 6) is -0.289. The van der Waals surface area contributed by atoms with Crippen molar-refractivity contribution in [1.82, 2.24) is 4.72 Å². The van der Waals surface area contributed by atoms with Crippen LogP contribution in [0.3, 0.4) is 0 Å². The van der Waals surface area contributed by atoms with E-state index < -0.39 is 10.0 Å². The van der Waals surface area contributed by atoms with Crippen LogP contribution in [0.2, 0.25) is 0 Å². The average Bonchev–Trinajstić information content (AvgIpc) is 2.77. The third-order valence-electron chi connectivity index (χ3n) is 2.61. The zero-order valence-corrected chi connectivity index (χ0v) is 11.5. The first-order valence-electron chi connectivity index (χ1n) is 6.28. The third kappa shape index (κ3) is 6.32. The largest absolute Gasteiger partial charge is 0.466 e. The number of carbonyl (C=O) groups excluding carboxylic acids is 1. The molecule has 0 aromatic carbocycles. The van der Waals surface area contributed by atoms with Crippen molar-refractivity contribution in [1.29, 1.82) is 0 Å². The van der Waals surface area contributed by atoms with Crippen LogP contribution in [0.25, 0.3) is 0 Å². The van der Waals surface area contributed by atoms with Crippen molar-refractivity contribution < 1.29 is 22.7 Å². The first kappa shape index (κ1) is 15.4. The van der Waals surface area contributed by atoms with Gasteiger partial charge in [-0.05, 0) is 26.2 Å². The topological polar surface area (TPSA) is 81.7 Å². The molecule has 1 saturated heterocycles. The molecule has 0 saturated carbocycles. The lowest BCUT2D eigenvalue weighted by molar-refractivity contribution is -0.143. The molecule has 1 unspecified atom stereocenters. The molecule has 0 bridgehead atoms. The number of carbonyl (C=O) groups is 1. The molecule has 0 amide bonds. The predicted octanol–water partition coefficient (Wildman–Crippen LogP) is 0.428. The van der Waals surface area contributed by atoms with Crippen molar-refractivity contribution in [3.8, 4) is 0 Å². The van der Waals surface area contributed by atoms with Gasteiger partial charge in [0.15, 0.2) is 0 Å². The molecule has 1 rings (SSSR count). The Balaban J connectivity index is 2.15. The molecule has 1 atom stereocenters. The second kappa shape index (κ2) is 7.70. The maximum Gasteiger partial charge on any atom is 0.305 e. The highest BCUT2D eigenvalue weighted by atomic mass is 32.2. The molecule has 0 aliphatic carbocycles. The monoisotopic (exact) mass is 279 g/mol. The second-order valence-corrected chi connectivity index (χ2v) is 6.07. The van der Waals surface area contributed by atoms with Gasteiger partial charge in [-0.1, -0.05) is 0 Å². The average molecular weight is 279 g/mol. The summed E-state index contributed by atoms with van der Waals surface area (Å²) >= 11 is 0. The molecule has 1 aliphatic rings. The first-order chi connectivity index (χ1) is 8.53. The number of hydrogen-bond donors (Lipinski definition) is 1. The standard InChI is InChI=1S/C11H21NO5S/c1-2-16-11(13)6-3-7-12-18(14,15)9-10-5-4-8-17-10/h10,12H,2-9H2,1H3. The highest BCUT2D eigenvalue weighted by molar-refractivity contribution is 7.89. The van der Waals surface area contributed by atoms with E-state index in [1.165, 1.54) is 0 Å². The smallest absolute Gasteiger partial charge is 0.305 e. The van der Waals surface area contributed by atoms with Gasteiger partial charge in [0.05, 0.1) is 18.5 Å². The summed E-state index contributed by atoms with van der Waals surface area (Å²) in [4.78, 5) is 11.0. The van der Waals surface area contributed by atoms with E-state index >= 15 is 0 Å². The van der Waals surface area contributed by atoms with Gasteiger partial charge in [0, 0.05) is 19.6 Å². The van der Waals surface area contributed by atoms with Crippen molar-refractivity contribution in [2.24, 2.45) is 0 Å². The minimum Gasteiger partial charge on any atom is -0.466 e. The molecule has 18 heavy (non-hydrogen) atoms. The minimum absolute atomic E-state index is 0.00636. The van der Waals surface area contributed by atoms with Gasteiger partial charge in [0.2, 0.25) is 10.0 Å². The summed E-state index contributed by atoms with van der Waals surface area (Å²) in [6.07, 6.45) is 2.21. The number of sulfonamides is 1. The van der Waals surface area contributed by atoms with Gasteiger partial charge >= 0.3 is 5.97 Å². The van der Waals surface area contributed by atoms with Gasteiger partial charge in [0.1, 0.15) is 0 Å². The Morgan fingerprint density at radius 1 is 1.50 bits per heavy atom. The summed E-state index contributed by atoms with van der Waals surface area (Å²) in [5.41, 5.74) is 0. The van der Waals surface area contributed by atoms with Crippen LogP contribution in [-0.2, 0) is 24.3 Å². The zero-order chi connectivity index (χ0) is 13.4. The van der Waals surface area contributed by atoms with Gasteiger partial charge in [-0.3, -0.25) is 4.79 Å². The molecular weight excluding hydrogens is 258 g/mol. The SMILES string of the molecule is CCOC(=O)CCCNS(=O)(=O)CC1CCCO1. The number of nitrogens with one attached hydrogen (secondary N) is 1. The number of rotatable bonds is 8. The van der Waals surface area contributed by atoms with E-state index in [4.69, 9.17) is 9.47 Å². The normalized spacial score (nSPS) is 19.9. The van der Waals surface area contributed by atoms with Crippen LogP contribution in [-0.4, -0.2) is 46.0 Å². The van der Waals surface area contributed by atoms with Crippen LogP contribution in [0.1, 0.15) is 32.6 Å². The quantitative estimate of drug-likeness (QED) is 0.514. The molecule has 106 valence electrons. The number of esters is 1. The third-order valence-corrected chi connectivity index (χ3v) is 4.07. The lowest BCUT2D eigenvalue weighted by Gasteiger charge is -2.11. The Kier molecular flexibility index (Phi) is 6.59. The molecule has 1 heterocycles. The van der Waals surface area contributed by atoms with Crippen molar-refractivity contribution in [2.45, 2.75) is 38.7 Å². The van der Waals surface area contributed by atoms with Crippen LogP contribution < -0.4 is 4.72 Å². The molecule has 0 radical (unpaired) electrons. The molecule has 0 aromatic rings. The molecule has 1 aliphatic heterocycles. The van der Waals surface area contributed by atoms with E-state index in [2.05, 4.69) is 4.72 Å². The van der Waals surface area contributed by atoms with Gasteiger partial charge in [-0.25, -0.2) is 13.1 Å². The molecule has 1 fully saturated rings. The first-order valence-corrected chi connectivity index (χ1v) is 7.93. The summed E-state index contributed by atoms with van der Waals surface area (Å²) in [5, 5.41) is 0. The highest BCUT2D eigenvalue weighted by Gasteiger charge is 2.22. The van der Waals surface area contributed by atoms with Gasteiger partial charge in [0.25, 0.3) is 0 Å². The number of hydrogen-bond acceptors (Lipinski definition) is 5. The van der Waals surface area contributed by atoms with Crippen molar-refractivity contribution in [2.75, 3.05) is 25.5 Å². The van der Waals surface area contributed by atoms with E-state index in [-0.39, 0.29) is 30.8 Å². The number of ether oxygens (including phenoxy) is 2. The summed E-state index contributed by atoms with van der Waals surface area (Å²) < 4.78 is 35.8. The fraction of sp³-hybridized carbons (Fsp3) is 0.909. The van der Waals surface area contributed by atoms with E-state index in [0.717, 1.165) is 12.8 Å². The van der Waals surface area contributed by atoms with Crippen LogP contribution in [0, 0.1) is 0 Å². The second-order valence-electron chi connectivity index (χ2n) is 4.22. The molecule has 0 spiro atoms. The van der Waals surface area contributed by atoms with Gasteiger partial charge < -0.3 is 9.47 Å². The Labute approximate surface area is 108 Å². The van der Waals surface area contributed by atoms with Crippen molar-refractivity contribution in [3.05, 3.63) is 0 Å². The molecular formula is C11H21NO5S. The van der Waals surface area contributed by atoms with Gasteiger partial charge in [-0.15, -0.1) is 0 Å². The van der Waals surface area contributed by atoms with Crippen LogP contribution in [0.15, 0.2) is 0 Å². The Bertz CT molecular complexity index is 348. The highest BCUT2D eigenvalue weighted by Crippen LogP contribution is 2.13. The fourth-order valence-corrected chi connectivity index (χ4v) is 3.10. The van der Waals surface area contributed by atoms with E-state index in [1.807, 2.05) is 0 Å². The molecule has 0 aromatic heterocycles. The Hall–Kier alpha value is -0.660. The predicted molar refractivity (Wildman–Crippen MR) is 66.6 cm³/mol.